The number of nitrogens with zero attached hydrogens (tertiary/aromatic N) is 1. The maximum Gasteiger partial charge on any atom is 0.216 e. The van der Waals surface area contributed by atoms with E-state index in [1.807, 2.05) is 6.07 Å². The van der Waals surface area contributed by atoms with E-state index in [1.165, 1.54) is 30.3 Å². The Hall–Kier alpha value is -1.61. The van der Waals surface area contributed by atoms with Crippen molar-refractivity contribution in [3.05, 3.63) is 68.5 Å². The van der Waals surface area contributed by atoms with Gasteiger partial charge in [-0.2, -0.15) is 5.26 Å². The Balaban J connectivity index is 2.50. The van der Waals surface area contributed by atoms with Crippen molar-refractivity contribution < 1.29 is 8.42 Å². The van der Waals surface area contributed by atoms with Crippen LogP contribution in [-0.4, -0.2) is 8.42 Å². The SMILES string of the molecule is N#CC(=Cc1cccc(Br)c1)S(=O)(=O)c1ccc(Cl)cc1. The van der Waals surface area contributed by atoms with E-state index in [0.717, 1.165) is 4.47 Å². The molecule has 6 heteroatoms. The van der Waals surface area contributed by atoms with Gasteiger partial charge in [0.2, 0.25) is 9.84 Å². The van der Waals surface area contributed by atoms with Crippen molar-refractivity contribution in [2.24, 2.45) is 0 Å². The molecule has 0 aliphatic heterocycles. The average Bonchev–Trinajstić information content (AvgIpc) is 2.45. The highest BCUT2D eigenvalue weighted by Gasteiger charge is 2.20. The molecule has 0 N–H and O–H groups in total. The van der Waals surface area contributed by atoms with Crippen molar-refractivity contribution in [1.82, 2.24) is 0 Å². The van der Waals surface area contributed by atoms with Crippen LogP contribution in [0.15, 0.2) is 62.8 Å². The summed E-state index contributed by atoms with van der Waals surface area (Å²) in [4.78, 5) is -0.280. The lowest BCUT2D eigenvalue weighted by atomic mass is 10.2. The molecule has 0 bridgehead atoms. The first kappa shape index (κ1) is 15.8. The van der Waals surface area contributed by atoms with Crippen molar-refractivity contribution in [1.29, 1.82) is 5.26 Å². The lowest BCUT2D eigenvalue weighted by Crippen LogP contribution is -2.03. The van der Waals surface area contributed by atoms with Crippen LogP contribution < -0.4 is 0 Å². The molecule has 106 valence electrons. The Kier molecular flexibility index (Phi) is 4.84. The molecular weight excluding hydrogens is 374 g/mol. The van der Waals surface area contributed by atoms with Crippen LogP contribution in [0.3, 0.4) is 0 Å². The number of hydrogen-bond acceptors (Lipinski definition) is 3. The van der Waals surface area contributed by atoms with E-state index >= 15 is 0 Å². The normalized spacial score (nSPS) is 12.0. The van der Waals surface area contributed by atoms with Crippen molar-refractivity contribution in [3.8, 4) is 6.07 Å². The Morgan fingerprint density at radius 2 is 1.86 bits per heavy atom. The minimum atomic E-state index is -3.85. The summed E-state index contributed by atoms with van der Waals surface area (Å²) >= 11 is 9.04. The van der Waals surface area contributed by atoms with Gasteiger partial charge < -0.3 is 0 Å². The molecule has 3 nitrogen and oxygen atoms in total. The topological polar surface area (TPSA) is 57.9 Å². The van der Waals surface area contributed by atoms with E-state index in [0.29, 0.717) is 10.6 Å². The number of sulfone groups is 1. The first-order valence-corrected chi connectivity index (χ1v) is 8.47. The fraction of sp³-hybridized carbons (Fsp3) is 0. The van der Waals surface area contributed by atoms with Crippen LogP contribution >= 0.6 is 27.5 Å². The molecule has 2 aromatic carbocycles. The monoisotopic (exact) mass is 381 g/mol. The number of halogens is 2. The van der Waals surface area contributed by atoms with E-state index in [4.69, 9.17) is 11.6 Å². The van der Waals surface area contributed by atoms with Crippen molar-refractivity contribution in [2.45, 2.75) is 4.90 Å². The lowest BCUT2D eigenvalue weighted by Gasteiger charge is -2.03. The summed E-state index contributed by atoms with van der Waals surface area (Å²) in [5.41, 5.74) is 0.624. The summed E-state index contributed by atoms with van der Waals surface area (Å²) in [7, 11) is -3.85. The fourth-order valence-electron chi connectivity index (χ4n) is 1.66. The Labute approximate surface area is 136 Å². The Morgan fingerprint density at radius 1 is 1.19 bits per heavy atom. The highest BCUT2D eigenvalue weighted by molar-refractivity contribution is 9.10. The highest BCUT2D eigenvalue weighted by Crippen LogP contribution is 2.23. The molecule has 0 aliphatic carbocycles. The molecule has 0 aromatic heterocycles. The van der Waals surface area contributed by atoms with Gasteiger partial charge in [0.25, 0.3) is 0 Å². The summed E-state index contributed by atoms with van der Waals surface area (Å²) in [5.74, 6) is 0. The van der Waals surface area contributed by atoms with Crippen LogP contribution in [0.25, 0.3) is 6.08 Å². The van der Waals surface area contributed by atoms with Crippen molar-refractivity contribution >= 4 is 43.4 Å². The van der Waals surface area contributed by atoms with Crippen LogP contribution in [0.1, 0.15) is 5.56 Å². The Morgan fingerprint density at radius 3 is 2.43 bits per heavy atom. The largest absolute Gasteiger partial charge is 0.218 e. The number of benzene rings is 2. The van der Waals surface area contributed by atoms with Gasteiger partial charge in [0.05, 0.1) is 4.90 Å². The van der Waals surface area contributed by atoms with Gasteiger partial charge in [-0.3, -0.25) is 0 Å². The first-order valence-electron chi connectivity index (χ1n) is 5.81. The number of rotatable bonds is 3. The second kappa shape index (κ2) is 6.44. The number of allylic oxidation sites excluding steroid dienone is 1. The zero-order valence-corrected chi connectivity index (χ0v) is 13.8. The molecule has 0 heterocycles. The van der Waals surface area contributed by atoms with E-state index < -0.39 is 9.84 Å². The minimum Gasteiger partial charge on any atom is -0.218 e. The predicted molar refractivity (Wildman–Crippen MR) is 86.4 cm³/mol. The fourth-order valence-corrected chi connectivity index (χ4v) is 3.36. The smallest absolute Gasteiger partial charge is 0.216 e. The maximum atomic E-state index is 12.4. The van der Waals surface area contributed by atoms with Crippen LogP contribution in [-0.2, 0) is 9.84 Å². The van der Waals surface area contributed by atoms with Crippen LogP contribution in [0.2, 0.25) is 5.02 Å². The van der Waals surface area contributed by atoms with Gasteiger partial charge in [-0.25, -0.2) is 8.42 Å². The highest BCUT2D eigenvalue weighted by atomic mass is 79.9. The molecule has 0 unspecified atom stereocenters. The molecular formula is C15H9BrClNO2S. The second-order valence-corrected chi connectivity index (χ2v) is 7.40. The minimum absolute atomic E-state index is 0.0368. The molecule has 0 amide bonds. The van der Waals surface area contributed by atoms with E-state index in [1.54, 1.807) is 24.3 Å². The molecule has 2 rings (SSSR count). The summed E-state index contributed by atoms with van der Waals surface area (Å²) in [6.07, 6.45) is 1.34. The maximum absolute atomic E-state index is 12.4. The van der Waals surface area contributed by atoms with Crippen LogP contribution in [0.5, 0.6) is 0 Å². The number of hydrogen-bond donors (Lipinski definition) is 0. The Bertz CT molecular complexity index is 837. The summed E-state index contributed by atoms with van der Waals surface area (Å²) in [6, 6.07) is 14.5. The van der Waals surface area contributed by atoms with Crippen molar-refractivity contribution in [2.75, 3.05) is 0 Å². The van der Waals surface area contributed by atoms with E-state index in [-0.39, 0.29) is 9.80 Å². The molecule has 2 aromatic rings. The standard InChI is InChI=1S/C15H9BrClNO2S/c16-12-3-1-2-11(8-12)9-15(10-18)21(19,20)14-6-4-13(17)5-7-14/h1-9H. The molecule has 0 radical (unpaired) electrons. The summed E-state index contributed by atoms with van der Waals surface area (Å²) in [5, 5.41) is 9.61. The predicted octanol–water partition coefficient (Wildman–Crippen LogP) is 4.44. The summed E-state index contributed by atoms with van der Waals surface area (Å²) < 4.78 is 25.6. The average molecular weight is 383 g/mol. The third kappa shape index (κ3) is 3.73. The molecule has 0 saturated carbocycles. The van der Waals surface area contributed by atoms with Gasteiger partial charge in [0.15, 0.2) is 0 Å². The molecule has 21 heavy (non-hydrogen) atoms. The van der Waals surface area contributed by atoms with Gasteiger partial charge in [-0.05, 0) is 48.0 Å². The second-order valence-electron chi connectivity index (χ2n) is 4.13. The summed E-state index contributed by atoms with van der Waals surface area (Å²) in [6.45, 7) is 0. The van der Waals surface area contributed by atoms with Gasteiger partial charge in [-0.15, -0.1) is 0 Å². The van der Waals surface area contributed by atoms with Gasteiger partial charge >= 0.3 is 0 Å². The first-order chi connectivity index (χ1) is 9.93. The molecule has 0 fully saturated rings. The van der Waals surface area contributed by atoms with Gasteiger partial charge in [0.1, 0.15) is 11.0 Å². The third-order valence-corrected chi connectivity index (χ3v) is 5.10. The van der Waals surface area contributed by atoms with Gasteiger partial charge in [0, 0.05) is 9.50 Å². The molecule has 0 aliphatic rings. The van der Waals surface area contributed by atoms with Crippen molar-refractivity contribution in [3.63, 3.8) is 0 Å². The van der Waals surface area contributed by atoms with E-state index in [9.17, 15) is 13.7 Å². The lowest BCUT2D eigenvalue weighted by molar-refractivity contribution is 0.603. The quantitative estimate of drug-likeness (QED) is 0.737. The van der Waals surface area contributed by atoms with Gasteiger partial charge in [-0.1, -0.05) is 39.7 Å². The zero-order chi connectivity index (χ0) is 15.5. The molecule has 0 spiro atoms. The molecule has 0 saturated heterocycles. The molecule has 0 atom stereocenters. The van der Waals surface area contributed by atoms with Crippen LogP contribution in [0, 0.1) is 11.3 Å². The third-order valence-electron chi connectivity index (χ3n) is 2.67. The van der Waals surface area contributed by atoms with Crippen LogP contribution in [0.4, 0.5) is 0 Å². The van der Waals surface area contributed by atoms with E-state index in [2.05, 4.69) is 15.9 Å². The zero-order valence-electron chi connectivity index (χ0n) is 10.6. The number of nitriles is 1.